The van der Waals surface area contributed by atoms with Gasteiger partial charge in [-0.15, -0.1) is 0 Å². The highest BCUT2D eigenvalue weighted by molar-refractivity contribution is 5.67. The van der Waals surface area contributed by atoms with E-state index in [2.05, 4.69) is 26.8 Å². The van der Waals surface area contributed by atoms with Crippen molar-refractivity contribution in [3.8, 4) is 23.0 Å². The fourth-order valence-electron chi connectivity index (χ4n) is 5.24. The minimum Gasteiger partial charge on any atom is -0.490 e. The number of rotatable bonds is 28. The van der Waals surface area contributed by atoms with E-state index in [1.54, 1.807) is 28.4 Å². The Morgan fingerprint density at radius 1 is 0.476 bits per heavy atom. The summed E-state index contributed by atoms with van der Waals surface area (Å²) < 4.78 is 34.9. The van der Waals surface area contributed by atoms with Crippen molar-refractivity contribution in [3.63, 3.8) is 0 Å². The van der Waals surface area contributed by atoms with Crippen LogP contribution in [0.1, 0.15) is 128 Å². The predicted molar refractivity (Wildman–Crippen MR) is 176 cm³/mol. The molecular weight excluding hydrogens is 528 g/mol. The molecule has 0 fully saturated rings. The molecule has 42 heavy (non-hydrogen) atoms. The lowest BCUT2D eigenvalue weighted by molar-refractivity contribution is 0.192. The third kappa shape index (κ3) is 16.1. The molecule has 1 aromatic carbocycles. The maximum absolute atomic E-state index is 6.44. The quantitative estimate of drug-likeness (QED) is 0.0713. The summed E-state index contributed by atoms with van der Waals surface area (Å²) in [4.78, 5) is 0. The smallest absolute Gasteiger partial charge is 0.207 e. The lowest BCUT2D eigenvalue weighted by atomic mass is 10.00. The second-order valence-electron chi connectivity index (χ2n) is 11.7. The molecule has 0 unspecified atom stereocenters. The zero-order valence-corrected chi connectivity index (χ0v) is 28.4. The molecule has 6 heteroatoms. The number of hydrogen-bond acceptors (Lipinski definition) is 6. The van der Waals surface area contributed by atoms with Crippen LogP contribution >= 0.6 is 0 Å². The number of ether oxygens (including phenoxy) is 6. The van der Waals surface area contributed by atoms with Crippen molar-refractivity contribution in [2.24, 2.45) is 0 Å². The Bertz CT molecular complexity index is 831. The van der Waals surface area contributed by atoms with Crippen LogP contribution in [0.15, 0.2) is 11.6 Å². The second kappa shape index (κ2) is 25.6. The Hall–Kier alpha value is -1.92. The molecule has 0 aromatic heterocycles. The molecular formula is C36H64O6. The van der Waals surface area contributed by atoms with E-state index in [1.165, 1.54) is 95.5 Å². The third-order valence-electron chi connectivity index (χ3n) is 7.79. The van der Waals surface area contributed by atoms with E-state index >= 15 is 0 Å². The zero-order valence-electron chi connectivity index (χ0n) is 28.4. The van der Waals surface area contributed by atoms with Gasteiger partial charge >= 0.3 is 0 Å². The maximum atomic E-state index is 6.44. The lowest BCUT2D eigenvalue weighted by Gasteiger charge is -2.23. The van der Waals surface area contributed by atoms with Gasteiger partial charge in [0, 0.05) is 38.6 Å². The maximum Gasteiger partial charge on any atom is 0.207 e. The van der Waals surface area contributed by atoms with Crippen LogP contribution in [-0.2, 0) is 15.9 Å². The van der Waals surface area contributed by atoms with Gasteiger partial charge in [-0.3, -0.25) is 0 Å². The summed E-state index contributed by atoms with van der Waals surface area (Å²) in [7, 11) is 6.93. The predicted octanol–water partition coefficient (Wildman–Crippen LogP) is 9.81. The molecule has 0 aliphatic rings. The van der Waals surface area contributed by atoms with Gasteiger partial charge in [0.1, 0.15) is 0 Å². The summed E-state index contributed by atoms with van der Waals surface area (Å²) in [5.41, 5.74) is 3.47. The van der Waals surface area contributed by atoms with Gasteiger partial charge in [-0.05, 0) is 52.9 Å². The minimum absolute atomic E-state index is 0.635. The van der Waals surface area contributed by atoms with Gasteiger partial charge in [-0.2, -0.15) is 0 Å². The summed E-state index contributed by atoms with van der Waals surface area (Å²) >= 11 is 0. The van der Waals surface area contributed by atoms with Crippen LogP contribution in [0.5, 0.6) is 23.0 Å². The molecule has 1 aromatic rings. The first-order valence-electron chi connectivity index (χ1n) is 16.7. The van der Waals surface area contributed by atoms with Crippen molar-refractivity contribution in [1.29, 1.82) is 0 Å². The molecule has 0 amide bonds. The molecule has 0 N–H and O–H groups in total. The highest BCUT2D eigenvalue weighted by Gasteiger charge is 2.25. The van der Waals surface area contributed by atoms with Crippen molar-refractivity contribution >= 4 is 0 Å². The average molecular weight is 593 g/mol. The van der Waals surface area contributed by atoms with E-state index in [1.807, 2.05) is 0 Å². The van der Waals surface area contributed by atoms with E-state index in [4.69, 9.17) is 28.4 Å². The van der Waals surface area contributed by atoms with Crippen LogP contribution in [0.4, 0.5) is 0 Å². The van der Waals surface area contributed by atoms with E-state index in [9.17, 15) is 0 Å². The highest BCUT2D eigenvalue weighted by atomic mass is 16.5. The summed E-state index contributed by atoms with van der Waals surface area (Å²) in [5.74, 6) is 2.85. The highest BCUT2D eigenvalue weighted by Crippen LogP contribution is 2.50. The Labute approximate surface area is 258 Å². The first-order chi connectivity index (χ1) is 20.5. The van der Waals surface area contributed by atoms with E-state index in [0.717, 1.165) is 55.1 Å². The van der Waals surface area contributed by atoms with Crippen molar-refractivity contribution in [2.75, 3.05) is 54.9 Å². The number of allylic oxidation sites excluding steroid dienone is 2. The largest absolute Gasteiger partial charge is 0.490 e. The van der Waals surface area contributed by atoms with Crippen LogP contribution in [0.3, 0.4) is 0 Å². The van der Waals surface area contributed by atoms with Crippen LogP contribution < -0.4 is 18.9 Å². The van der Waals surface area contributed by atoms with Gasteiger partial charge in [0.05, 0.1) is 27.4 Å². The van der Waals surface area contributed by atoms with Gasteiger partial charge in [0.2, 0.25) is 11.5 Å². The summed E-state index contributed by atoms with van der Waals surface area (Å²) in [6.45, 7) is 9.48. The molecule has 0 aliphatic heterocycles. The monoisotopic (exact) mass is 592 g/mol. The molecule has 6 nitrogen and oxygen atoms in total. The molecule has 0 saturated heterocycles. The van der Waals surface area contributed by atoms with Crippen LogP contribution in [-0.4, -0.2) is 54.9 Å². The van der Waals surface area contributed by atoms with E-state index in [0.29, 0.717) is 24.7 Å². The summed E-state index contributed by atoms with van der Waals surface area (Å²) in [6, 6.07) is 0. The molecule has 0 saturated carbocycles. The van der Waals surface area contributed by atoms with Crippen molar-refractivity contribution in [3.05, 3.63) is 22.8 Å². The molecule has 0 bridgehead atoms. The van der Waals surface area contributed by atoms with Gasteiger partial charge in [0.25, 0.3) is 0 Å². The summed E-state index contributed by atoms with van der Waals surface area (Å²) in [6.07, 6.45) is 22.6. The van der Waals surface area contributed by atoms with Crippen molar-refractivity contribution in [1.82, 2.24) is 0 Å². The Morgan fingerprint density at radius 2 is 0.833 bits per heavy atom. The molecule has 1 rings (SSSR count). The van der Waals surface area contributed by atoms with Gasteiger partial charge in [-0.25, -0.2) is 0 Å². The van der Waals surface area contributed by atoms with Gasteiger partial charge in [0.15, 0.2) is 11.5 Å². The van der Waals surface area contributed by atoms with Crippen LogP contribution in [0, 0.1) is 6.92 Å². The Morgan fingerprint density at radius 3 is 1.21 bits per heavy atom. The number of hydrogen-bond donors (Lipinski definition) is 0. The molecule has 0 heterocycles. The third-order valence-corrected chi connectivity index (χ3v) is 7.79. The van der Waals surface area contributed by atoms with Crippen LogP contribution in [0.2, 0.25) is 0 Å². The normalized spacial score (nSPS) is 11.0. The van der Waals surface area contributed by atoms with Crippen LogP contribution in [0.25, 0.3) is 0 Å². The van der Waals surface area contributed by atoms with Gasteiger partial charge < -0.3 is 28.4 Å². The second-order valence-corrected chi connectivity index (χ2v) is 11.7. The molecule has 244 valence electrons. The molecule has 0 aliphatic carbocycles. The zero-order chi connectivity index (χ0) is 30.8. The van der Waals surface area contributed by atoms with Crippen molar-refractivity contribution < 1.29 is 28.4 Å². The molecule has 0 radical (unpaired) electrons. The Balaban J connectivity index is 2.71. The fraction of sp³-hybridized carbons (Fsp3) is 0.778. The van der Waals surface area contributed by atoms with Gasteiger partial charge in [-0.1, -0.05) is 88.7 Å². The van der Waals surface area contributed by atoms with Crippen molar-refractivity contribution in [2.45, 2.75) is 130 Å². The number of methoxy groups -OCH3 is 4. The standard InChI is InChI=1S/C36H64O6/c1-30(2)24-25-32-31(3)33(41-28-22-18-14-10-8-12-16-20-26-37-4)35(39-6)36(40-7)34(32)42-29-23-19-15-11-9-13-17-21-27-38-5/h24H,8-23,25-29H2,1-7H3. The topological polar surface area (TPSA) is 55.4 Å². The SMILES string of the molecule is COCCCCCCCCCCOc1c(C)c(CC=C(C)C)c(OCCCCCCCCCCOC)c(OC)c1OC. The van der Waals surface area contributed by atoms with E-state index < -0.39 is 0 Å². The Kier molecular flexibility index (Phi) is 23.2. The minimum atomic E-state index is 0.635. The average Bonchev–Trinajstić information content (AvgIpc) is 2.98. The first-order valence-corrected chi connectivity index (χ1v) is 16.7. The number of unbranched alkanes of at least 4 members (excludes halogenated alkanes) is 14. The fourth-order valence-corrected chi connectivity index (χ4v) is 5.24. The summed E-state index contributed by atoms with van der Waals surface area (Å²) in [5, 5.41) is 0. The molecule has 0 atom stereocenters. The first kappa shape index (κ1) is 38.1. The lowest BCUT2D eigenvalue weighted by Crippen LogP contribution is -2.09. The molecule has 0 spiro atoms. The van der Waals surface area contributed by atoms with E-state index in [-0.39, 0.29) is 0 Å². The number of benzene rings is 1.